The van der Waals surface area contributed by atoms with Crippen LogP contribution in [0.3, 0.4) is 0 Å². The van der Waals surface area contributed by atoms with E-state index in [9.17, 15) is 13.5 Å². The number of para-hydroxylation sites is 2. The second kappa shape index (κ2) is 13.1. The molecule has 40 heavy (non-hydrogen) atoms. The predicted molar refractivity (Wildman–Crippen MR) is 155 cm³/mol. The van der Waals surface area contributed by atoms with E-state index in [1.165, 1.54) is 21.3 Å². The Morgan fingerprint density at radius 1 is 0.900 bits per heavy atom. The molecule has 0 amide bonds. The lowest BCUT2D eigenvalue weighted by atomic mass is 10.2. The van der Waals surface area contributed by atoms with Crippen LogP contribution in [-0.4, -0.2) is 85.2 Å². The van der Waals surface area contributed by atoms with Crippen LogP contribution < -0.4 is 28.6 Å². The topological polar surface area (TPSA) is 110 Å². The van der Waals surface area contributed by atoms with E-state index in [2.05, 4.69) is 14.5 Å². The molecular weight excluding hydrogens is 534 g/mol. The summed E-state index contributed by atoms with van der Waals surface area (Å²) in [5, 5.41) is 10.7. The monoisotopic (exact) mass is 571 g/mol. The van der Waals surface area contributed by atoms with Gasteiger partial charge in [0.15, 0.2) is 11.5 Å². The van der Waals surface area contributed by atoms with Gasteiger partial charge in [0.1, 0.15) is 18.5 Å². The molecule has 1 aliphatic rings. The van der Waals surface area contributed by atoms with Gasteiger partial charge in [0.2, 0.25) is 5.75 Å². The van der Waals surface area contributed by atoms with Gasteiger partial charge >= 0.3 is 0 Å². The van der Waals surface area contributed by atoms with E-state index in [1.807, 2.05) is 25.1 Å². The smallest absolute Gasteiger partial charge is 0.261 e. The fourth-order valence-corrected chi connectivity index (χ4v) is 5.69. The number of methoxy groups -OCH3 is 3. The Balaban J connectivity index is 1.32. The van der Waals surface area contributed by atoms with E-state index in [-0.39, 0.29) is 11.5 Å². The maximum Gasteiger partial charge on any atom is 0.261 e. The molecule has 2 N–H and O–H groups in total. The fraction of sp³-hybridized carbons (Fsp3) is 0.379. The first-order valence-electron chi connectivity index (χ1n) is 13.0. The lowest BCUT2D eigenvalue weighted by Gasteiger charge is -2.37. The zero-order valence-corrected chi connectivity index (χ0v) is 24.1. The Labute approximate surface area is 236 Å². The number of aliphatic hydroxyl groups is 1. The summed E-state index contributed by atoms with van der Waals surface area (Å²) in [5.41, 5.74) is 2.36. The highest BCUT2D eigenvalue weighted by atomic mass is 32.2. The first-order valence-corrected chi connectivity index (χ1v) is 14.5. The molecule has 0 saturated carbocycles. The predicted octanol–water partition coefficient (Wildman–Crippen LogP) is 3.38. The van der Waals surface area contributed by atoms with Crippen LogP contribution in [0.15, 0.2) is 65.6 Å². The van der Waals surface area contributed by atoms with Gasteiger partial charge in [0, 0.05) is 44.9 Å². The lowest BCUT2D eigenvalue weighted by Crippen LogP contribution is -2.49. The maximum absolute atomic E-state index is 13.0. The Kier molecular flexibility index (Phi) is 9.62. The van der Waals surface area contributed by atoms with Crippen LogP contribution in [0.5, 0.6) is 23.0 Å². The molecule has 0 radical (unpaired) electrons. The molecule has 0 aromatic heterocycles. The average molecular weight is 572 g/mol. The second-order valence-electron chi connectivity index (χ2n) is 9.55. The van der Waals surface area contributed by atoms with Gasteiger partial charge in [-0.25, -0.2) is 8.42 Å². The van der Waals surface area contributed by atoms with Gasteiger partial charge in [-0.05, 0) is 31.2 Å². The number of sulfonamides is 1. The molecule has 1 unspecified atom stereocenters. The van der Waals surface area contributed by atoms with Crippen molar-refractivity contribution in [3.05, 3.63) is 66.2 Å². The van der Waals surface area contributed by atoms with Crippen molar-refractivity contribution in [3.63, 3.8) is 0 Å². The largest absolute Gasteiger partial charge is 0.493 e. The number of nitrogens with zero attached hydrogens (tertiary/aromatic N) is 2. The molecule has 1 aliphatic heterocycles. The Hall–Kier alpha value is -3.67. The van der Waals surface area contributed by atoms with Crippen molar-refractivity contribution in [2.75, 3.05) is 70.3 Å². The molecule has 4 rings (SSSR count). The maximum atomic E-state index is 13.0. The summed E-state index contributed by atoms with van der Waals surface area (Å²) in [6, 6.07) is 17.6. The normalized spacial score (nSPS) is 14.9. The van der Waals surface area contributed by atoms with Gasteiger partial charge in [-0.1, -0.05) is 29.8 Å². The number of β-amino-alcohol motifs (C(OH)–C–C–N with tert-alkyl or cyclic N) is 1. The summed E-state index contributed by atoms with van der Waals surface area (Å²) in [7, 11) is 0.887. The third-order valence-electron chi connectivity index (χ3n) is 6.74. The van der Waals surface area contributed by atoms with Gasteiger partial charge in [-0.15, -0.1) is 0 Å². The number of piperazine rings is 1. The third kappa shape index (κ3) is 7.09. The Morgan fingerprint density at radius 2 is 1.52 bits per heavy atom. The molecule has 216 valence electrons. The molecule has 1 fully saturated rings. The van der Waals surface area contributed by atoms with E-state index >= 15 is 0 Å². The number of aryl methyl sites for hydroxylation is 1. The van der Waals surface area contributed by atoms with Gasteiger partial charge in [-0.3, -0.25) is 9.62 Å². The number of anilines is 2. The van der Waals surface area contributed by atoms with Crippen LogP contribution in [0.4, 0.5) is 11.4 Å². The number of ether oxygens (including phenoxy) is 4. The van der Waals surface area contributed by atoms with E-state index in [0.29, 0.717) is 61.4 Å². The van der Waals surface area contributed by atoms with Gasteiger partial charge in [-0.2, -0.15) is 0 Å². The van der Waals surface area contributed by atoms with Crippen molar-refractivity contribution in [2.24, 2.45) is 0 Å². The SMILES string of the molecule is COc1cc(OCC(O)CN2CCN(c3ccccc3NS(=O)(=O)c3ccc(C)cc3)CC2)cc(OC)c1OC. The summed E-state index contributed by atoms with van der Waals surface area (Å²) >= 11 is 0. The number of nitrogens with one attached hydrogen (secondary N) is 1. The molecular formula is C29H37N3O7S. The molecule has 11 heteroatoms. The summed E-state index contributed by atoms with van der Waals surface area (Å²) < 4.78 is 50.6. The summed E-state index contributed by atoms with van der Waals surface area (Å²) in [4.78, 5) is 4.54. The van der Waals surface area contributed by atoms with Crippen molar-refractivity contribution >= 4 is 21.4 Å². The summed E-state index contributed by atoms with van der Waals surface area (Å²) in [6.07, 6.45) is -0.709. The van der Waals surface area contributed by atoms with Crippen molar-refractivity contribution in [1.82, 2.24) is 4.90 Å². The molecule has 3 aromatic rings. The molecule has 10 nitrogen and oxygen atoms in total. The zero-order valence-electron chi connectivity index (χ0n) is 23.3. The Bertz CT molecular complexity index is 1350. The number of aliphatic hydroxyl groups excluding tert-OH is 1. The van der Waals surface area contributed by atoms with Crippen molar-refractivity contribution < 1.29 is 32.5 Å². The highest BCUT2D eigenvalue weighted by molar-refractivity contribution is 7.92. The Morgan fingerprint density at radius 3 is 2.12 bits per heavy atom. The molecule has 1 saturated heterocycles. The number of rotatable bonds is 12. The molecule has 0 bridgehead atoms. The standard InChI is InChI=1S/C29H37N3O7S/c1-21-9-11-24(12-10-21)40(34,35)30-25-7-5-6-8-26(25)32-15-13-31(14-16-32)19-22(33)20-39-23-17-27(36-2)29(38-4)28(18-23)37-3/h5-12,17-18,22,30,33H,13-16,19-20H2,1-4H3. The van der Waals surface area contributed by atoms with Crippen LogP contribution in [0.25, 0.3) is 0 Å². The average Bonchev–Trinajstić information content (AvgIpc) is 2.96. The fourth-order valence-electron chi connectivity index (χ4n) is 4.61. The number of hydrogen-bond donors (Lipinski definition) is 2. The summed E-state index contributed by atoms with van der Waals surface area (Å²) in [6.45, 7) is 5.25. The quantitative estimate of drug-likeness (QED) is 0.338. The van der Waals surface area contributed by atoms with E-state index in [1.54, 1.807) is 42.5 Å². The number of hydrogen-bond acceptors (Lipinski definition) is 9. The van der Waals surface area contributed by atoms with Crippen molar-refractivity contribution in [1.29, 1.82) is 0 Å². The summed E-state index contributed by atoms with van der Waals surface area (Å²) in [5.74, 6) is 1.93. The van der Waals surface area contributed by atoms with Gasteiger partial charge < -0.3 is 29.0 Å². The first kappa shape index (κ1) is 29.3. The van der Waals surface area contributed by atoms with Crippen LogP contribution in [0, 0.1) is 6.92 Å². The molecule has 0 spiro atoms. The first-order chi connectivity index (χ1) is 19.2. The van der Waals surface area contributed by atoms with E-state index in [0.717, 1.165) is 11.3 Å². The highest BCUT2D eigenvalue weighted by Crippen LogP contribution is 2.40. The molecule has 3 aromatic carbocycles. The minimum absolute atomic E-state index is 0.0997. The van der Waals surface area contributed by atoms with Crippen LogP contribution in [0.2, 0.25) is 0 Å². The molecule has 1 atom stereocenters. The number of benzene rings is 3. The van der Waals surface area contributed by atoms with E-state index in [4.69, 9.17) is 18.9 Å². The second-order valence-corrected chi connectivity index (χ2v) is 11.2. The van der Waals surface area contributed by atoms with Crippen LogP contribution in [0.1, 0.15) is 5.56 Å². The van der Waals surface area contributed by atoms with Crippen LogP contribution in [-0.2, 0) is 10.0 Å². The van der Waals surface area contributed by atoms with Crippen molar-refractivity contribution in [3.8, 4) is 23.0 Å². The van der Waals surface area contributed by atoms with Gasteiger partial charge in [0.05, 0.1) is 37.6 Å². The van der Waals surface area contributed by atoms with Crippen molar-refractivity contribution in [2.45, 2.75) is 17.9 Å². The van der Waals surface area contributed by atoms with E-state index < -0.39 is 16.1 Å². The minimum atomic E-state index is -3.72. The minimum Gasteiger partial charge on any atom is -0.493 e. The third-order valence-corrected chi connectivity index (χ3v) is 8.12. The molecule has 1 heterocycles. The highest BCUT2D eigenvalue weighted by Gasteiger charge is 2.23. The molecule has 0 aliphatic carbocycles. The lowest BCUT2D eigenvalue weighted by molar-refractivity contribution is 0.0661. The van der Waals surface area contributed by atoms with Gasteiger partial charge in [0.25, 0.3) is 10.0 Å². The van der Waals surface area contributed by atoms with Crippen LogP contribution >= 0.6 is 0 Å². The zero-order chi connectivity index (χ0) is 28.7.